The summed E-state index contributed by atoms with van der Waals surface area (Å²) in [4.78, 5) is 0. The van der Waals surface area contributed by atoms with Gasteiger partial charge in [-0.1, -0.05) is 29.9 Å². The summed E-state index contributed by atoms with van der Waals surface area (Å²) >= 11 is 0. The van der Waals surface area contributed by atoms with Gasteiger partial charge in [0.15, 0.2) is 0 Å². The quantitative estimate of drug-likeness (QED) is 0.838. The van der Waals surface area contributed by atoms with Crippen LogP contribution in [0.25, 0.3) is 6.08 Å². The Bertz CT molecular complexity index is 464. The van der Waals surface area contributed by atoms with Crippen LogP contribution < -0.4 is 10.5 Å². The van der Waals surface area contributed by atoms with Crippen LogP contribution in [0.3, 0.4) is 0 Å². The number of hydrogen-bond donors (Lipinski definition) is 1. The van der Waals surface area contributed by atoms with Crippen LogP contribution in [0.4, 0.5) is 0 Å². The molecule has 108 valence electrons. The van der Waals surface area contributed by atoms with Crippen molar-refractivity contribution in [2.24, 2.45) is 5.73 Å². The first-order chi connectivity index (χ1) is 9.72. The molecular weight excluding hydrogens is 250 g/mol. The van der Waals surface area contributed by atoms with Gasteiger partial charge in [0.25, 0.3) is 0 Å². The summed E-state index contributed by atoms with van der Waals surface area (Å²) in [5, 5.41) is 0. The molecular formula is C17H23NO2. The van der Waals surface area contributed by atoms with Crippen molar-refractivity contribution in [2.75, 3.05) is 13.7 Å². The second-order valence-corrected chi connectivity index (χ2v) is 5.12. The van der Waals surface area contributed by atoms with Crippen molar-refractivity contribution in [3.63, 3.8) is 0 Å². The molecule has 1 aliphatic rings. The SMILES string of the molecule is C=CCOC1CCC(N)C(=Cc2ccc(OC)cc2)C1. The molecule has 1 fully saturated rings. The number of benzene rings is 1. The van der Waals surface area contributed by atoms with Gasteiger partial charge in [-0.05, 0) is 37.0 Å². The minimum atomic E-state index is 0.140. The van der Waals surface area contributed by atoms with E-state index >= 15 is 0 Å². The topological polar surface area (TPSA) is 44.5 Å². The fraction of sp³-hybridized carbons (Fsp3) is 0.412. The average Bonchev–Trinajstić information content (AvgIpc) is 2.49. The Labute approximate surface area is 121 Å². The molecule has 0 spiro atoms. The average molecular weight is 273 g/mol. The Kier molecular flexibility index (Phi) is 5.39. The molecule has 0 amide bonds. The van der Waals surface area contributed by atoms with Gasteiger partial charge in [-0.3, -0.25) is 0 Å². The van der Waals surface area contributed by atoms with Crippen LogP contribution in [-0.4, -0.2) is 25.9 Å². The minimum absolute atomic E-state index is 0.140. The van der Waals surface area contributed by atoms with E-state index in [1.807, 2.05) is 24.3 Å². The molecule has 20 heavy (non-hydrogen) atoms. The van der Waals surface area contributed by atoms with Crippen LogP contribution in [0, 0.1) is 0 Å². The van der Waals surface area contributed by atoms with E-state index in [4.69, 9.17) is 15.2 Å². The first-order valence-electron chi connectivity index (χ1n) is 7.05. The lowest BCUT2D eigenvalue weighted by Crippen LogP contribution is -2.32. The van der Waals surface area contributed by atoms with Gasteiger partial charge < -0.3 is 15.2 Å². The number of rotatable bonds is 5. The zero-order valence-corrected chi connectivity index (χ0v) is 12.0. The highest BCUT2D eigenvalue weighted by molar-refractivity contribution is 5.55. The van der Waals surface area contributed by atoms with Crippen LogP contribution in [0.2, 0.25) is 0 Å². The van der Waals surface area contributed by atoms with Crippen molar-refractivity contribution < 1.29 is 9.47 Å². The molecule has 0 radical (unpaired) electrons. The van der Waals surface area contributed by atoms with Gasteiger partial charge in [0.1, 0.15) is 5.75 Å². The molecule has 1 aliphatic carbocycles. The predicted octanol–water partition coefficient (Wildman–Crippen LogP) is 3.16. The lowest BCUT2D eigenvalue weighted by molar-refractivity contribution is 0.0568. The molecule has 1 aromatic carbocycles. The summed E-state index contributed by atoms with van der Waals surface area (Å²) in [6, 6.07) is 8.17. The zero-order valence-electron chi connectivity index (χ0n) is 12.0. The zero-order chi connectivity index (χ0) is 14.4. The van der Waals surface area contributed by atoms with Crippen LogP contribution >= 0.6 is 0 Å². The van der Waals surface area contributed by atoms with Gasteiger partial charge >= 0.3 is 0 Å². The Balaban J connectivity index is 2.06. The van der Waals surface area contributed by atoms with Gasteiger partial charge in [0, 0.05) is 6.04 Å². The van der Waals surface area contributed by atoms with Crippen molar-refractivity contribution in [3.05, 3.63) is 48.1 Å². The molecule has 3 heteroatoms. The molecule has 3 nitrogen and oxygen atoms in total. The maximum atomic E-state index is 6.21. The third-order valence-electron chi connectivity index (χ3n) is 3.66. The molecule has 2 unspecified atom stereocenters. The van der Waals surface area contributed by atoms with E-state index in [1.54, 1.807) is 13.2 Å². The van der Waals surface area contributed by atoms with Crippen molar-refractivity contribution in [3.8, 4) is 5.75 Å². The standard InChI is InChI=1S/C17H23NO2/c1-3-10-20-16-8-9-17(18)14(12-16)11-13-4-6-15(19-2)7-5-13/h3-7,11,16-17H,1,8-10,12,18H2,2H3. The van der Waals surface area contributed by atoms with Crippen LogP contribution in [0.15, 0.2) is 42.5 Å². The summed E-state index contributed by atoms with van der Waals surface area (Å²) < 4.78 is 10.9. The molecule has 2 rings (SSSR count). The normalized spacial score (nSPS) is 24.6. The molecule has 1 saturated carbocycles. The van der Waals surface area contributed by atoms with Gasteiger partial charge in [-0.25, -0.2) is 0 Å². The van der Waals surface area contributed by atoms with Crippen molar-refractivity contribution in [2.45, 2.75) is 31.4 Å². The van der Waals surface area contributed by atoms with Crippen LogP contribution in [-0.2, 0) is 4.74 Å². The Morgan fingerprint density at radius 2 is 2.05 bits per heavy atom. The lowest BCUT2D eigenvalue weighted by atomic mass is 9.87. The van der Waals surface area contributed by atoms with E-state index in [2.05, 4.69) is 12.7 Å². The van der Waals surface area contributed by atoms with Gasteiger partial charge in [0.05, 0.1) is 19.8 Å². The Morgan fingerprint density at radius 1 is 1.30 bits per heavy atom. The fourth-order valence-electron chi connectivity index (χ4n) is 2.49. The second kappa shape index (κ2) is 7.27. The lowest BCUT2D eigenvalue weighted by Gasteiger charge is -2.29. The molecule has 2 N–H and O–H groups in total. The number of methoxy groups -OCH3 is 1. The summed E-state index contributed by atoms with van der Waals surface area (Å²) in [5.74, 6) is 0.868. The maximum Gasteiger partial charge on any atom is 0.118 e. The van der Waals surface area contributed by atoms with Gasteiger partial charge in [-0.15, -0.1) is 6.58 Å². The highest BCUT2D eigenvalue weighted by Gasteiger charge is 2.23. The summed E-state index contributed by atoms with van der Waals surface area (Å²) in [7, 11) is 1.67. The highest BCUT2D eigenvalue weighted by Crippen LogP contribution is 2.27. The second-order valence-electron chi connectivity index (χ2n) is 5.12. The van der Waals surface area contributed by atoms with Crippen molar-refractivity contribution >= 4 is 6.08 Å². The van der Waals surface area contributed by atoms with E-state index in [1.165, 1.54) is 5.57 Å². The molecule has 1 aromatic rings. The molecule has 0 aliphatic heterocycles. The summed E-state index contributed by atoms with van der Waals surface area (Å²) in [6.45, 7) is 4.29. The van der Waals surface area contributed by atoms with E-state index in [0.717, 1.165) is 30.6 Å². The van der Waals surface area contributed by atoms with E-state index < -0.39 is 0 Å². The Morgan fingerprint density at radius 3 is 2.70 bits per heavy atom. The fourth-order valence-corrected chi connectivity index (χ4v) is 2.49. The molecule has 0 aromatic heterocycles. The van der Waals surface area contributed by atoms with Crippen LogP contribution in [0.5, 0.6) is 5.75 Å². The summed E-state index contributed by atoms with van der Waals surface area (Å²) in [5.41, 5.74) is 8.62. The highest BCUT2D eigenvalue weighted by atomic mass is 16.5. The van der Waals surface area contributed by atoms with Gasteiger partial charge in [0.2, 0.25) is 0 Å². The Hall–Kier alpha value is -1.58. The van der Waals surface area contributed by atoms with E-state index in [9.17, 15) is 0 Å². The molecule has 0 bridgehead atoms. The third-order valence-corrected chi connectivity index (χ3v) is 3.66. The number of nitrogens with two attached hydrogens (primary N) is 1. The van der Waals surface area contributed by atoms with Crippen molar-refractivity contribution in [1.29, 1.82) is 0 Å². The largest absolute Gasteiger partial charge is 0.497 e. The number of ether oxygens (including phenoxy) is 2. The first-order valence-corrected chi connectivity index (χ1v) is 7.05. The van der Waals surface area contributed by atoms with E-state index in [-0.39, 0.29) is 12.1 Å². The molecule has 0 saturated heterocycles. The van der Waals surface area contributed by atoms with Crippen molar-refractivity contribution in [1.82, 2.24) is 0 Å². The molecule has 0 heterocycles. The first kappa shape index (κ1) is 14.8. The van der Waals surface area contributed by atoms with Crippen LogP contribution in [0.1, 0.15) is 24.8 Å². The molecule has 2 atom stereocenters. The monoisotopic (exact) mass is 273 g/mol. The summed E-state index contributed by atoms with van der Waals surface area (Å²) in [6.07, 6.45) is 7.13. The minimum Gasteiger partial charge on any atom is -0.497 e. The van der Waals surface area contributed by atoms with E-state index in [0.29, 0.717) is 6.61 Å². The number of hydrogen-bond acceptors (Lipinski definition) is 3. The predicted molar refractivity (Wildman–Crippen MR) is 82.7 cm³/mol. The third kappa shape index (κ3) is 3.95. The van der Waals surface area contributed by atoms with Gasteiger partial charge in [-0.2, -0.15) is 0 Å². The maximum absolute atomic E-state index is 6.21. The smallest absolute Gasteiger partial charge is 0.118 e.